The highest BCUT2D eigenvalue weighted by atomic mass is 35.5. The first-order valence-corrected chi connectivity index (χ1v) is 6.88. The van der Waals surface area contributed by atoms with E-state index in [2.05, 4.69) is 34.9 Å². The number of fused-ring (bicyclic) bond motifs is 1. The highest BCUT2D eigenvalue weighted by molar-refractivity contribution is 5.85. The molecule has 3 nitrogen and oxygen atoms in total. The van der Waals surface area contributed by atoms with Crippen molar-refractivity contribution in [3.63, 3.8) is 0 Å². The molecule has 0 radical (unpaired) electrons. The minimum absolute atomic E-state index is 0. The monoisotopic (exact) mass is 280 g/mol. The third-order valence-electron chi connectivity index (χ3n) is 3.83. The molecule has 1 amide bonds. The van der Waals surface area contributed by atoms with Gasteiger partial charge < -0.3 is 10.6 Å². The van der Waals surface area contributed by atoms with E-state index in [4.69, 9.17) is 0 Å². The van der Waals surface area contributed by atoms with E-state index in [0.717, 1.165) is 25.3 Å². The lowest BCUT2D eigenvalue weighted by atomic mass is 10.1. The van der Waals surface area contributed by atoms with Crippen LogP contribution in [0.4, 0.5) is 0 Å². The van der Waals surface area contributed by atoms with Crippen LogP contribution in [0.25, 0.3) is 0 Å². The van der Waals surface area contributed by atoms with Crippen LogP contribution in [0.3, 0.4) is 0 Å². The van der Waals surface area contributed by atoms with Crippen LogP contribution in [0, 0.1) is 5.92 Å². The Bertz CT molecular complexity index is 421. The Morgan fingerprint density at radius 2 is 1.79 bits per heavy atom. The minimum Gasteiger partial charge on any atom is -0.352 e. The van der Waals surface area contributed by atoms with Gasteiger partial charge in [0.05, 0.1) is 6.54 Å². The van der Waals surface area contributed by atoms with Crippen molar-refractivity contribution in [2.24, 2.45) is 5.92 Å². The number of nitrogens with one attached hydrogen (secondary N) is 2. The second-order valence-corrected chi connectivity index (χ2v) is 5.52. The van der Waals surface area contributed by atoms with Crippen LogP contribution < -0.4 is 10.6 Å². The van der Waals surface area contributed by atoms with E-state index in [1.807, 2.05) is 0 Å². The maximum Gasteiger partial charge on any atom is 0.234 e. The summed E-state index contributed by atoms with van der Waals surface area (Å²) in [6, 6.07) is 8.75. The highest BCUT2D eigenvalue weighted by Gasteiger charge is 2.23. The number of carbonyl (C=O) groups is 1. The summed E-state index contributed by atoms with van der Waals surface area (Å²) in [7, 11) is 0. The first-order chi connectivity index (χ1) is 8.81. The van der Waals surface area contributed by atoms with E-state index in [9.17, 15) is 4.79 Å². The molecule has 3 rings (SSSR count). The number of hydrogen-bond donors (Lipinski definition) is 2. The van der Waals surface area contributed by atoms with Gasteiger partial charge in [-0.3, -0.25) is 4.79 Å². The molecule has 0 aromatic heterocycles. The molecule has 2 aliphatic rings. The molecule has 0 heterocycles. The van der Waals surface area contributed by atoms with E-state index < -0.39 is 0 Å². The van der Waals surface area contributed by atoms with Gasteiger partial charge in [0.2, 0.25) is 5.91 Å². The van der Waals surface area contributed by atoms with Gasteiger partial charge in [0.1, 0.15) is 0 Å². The Labute approximate surface area is 120 Å². The molecule has 1 aromatic carbocycles. The van der Waals surface area contributed by atoms with Crippen molar-refractivity contribution in [2.45, 2.75) is 31.7 Å². The number of hydrogen-bond acceptors (Lipinski definition) is 2. The molecular weight excluding hydrogens is 260 g/mol. The summed E-state index contributed by atoms with van der Waals surface area (Å²) >= 11 is 0. The van der Waals surface area contributed by atoms with E-state index >= 15 is 0 Å². The maximum absolute atomic E-state index is 11.8. The standard InChI is InChI=1S/C15H20N2O.ClH/c18-15(10-16-9-11-5-6-11)17-14-7-12-3-1-2-4-13(12)8-14;/h1-4,11,14,16H,5-10H2,(H,17,18);1H. The number of benzene rings is 1. The number of halogens is 1. The Kier molecular flexibility index (Phi) is 4.83. The topological polar surface area (TPSA) is 41.1 Å². The van der Waals surface area contributed by atoms with Gasteiger partial charge >= 0.3 is 0 Å². The van der Waals surface area contributed by atoms with Gasteiger partial charge in [-0.1, -0.05) is 24.3 Å². The summed E-state index contributed by atoms with van der Waals surface area (Å²) in [5.74, 6) is 0.960. The van der Waals surface area contributed by atoms with E-state index in [1.54, 1.807) is 0 Å². The van der Waals surface area contributed by atoms with E-state index in [0.29, 0.717) is 6.54 Å². The zero-order valence-electron chi connectivity index (χ0n) is 11.0. The Morgan fingerprint density at radius 3 is 2.37 bits per heavy atom. The predicted molar refractivity (Wildman–Crippen MR) is 78.6 cm³/mol. The molecule has 19 heavy (non-hydrogen) atoms. The first kappa shape index (κ1) is 14.4. The van der Waals surface area contributed by atoms with Crippen LogP contribution >= 0.6 is 12.4 Å². The Balaban J connectivity index is 0.00000133. The average molecular weight is 281 g/mol. The van der Waals surface area contributed by atoms with Gasteiger partial charge in [-0.2, -0.15) is 0 Å². The average Bonchev–Trinajstić information content (AvgIpc) is 3.08. The van der Waals surface area contributed by atoms with Crippen molar-refractivity contribution >= 4 is 18.3 Å². The zero-order chi connectivity index (χ0) is 12.4. The molecule has 1 aromatic rings. The summed E-state index contributed by atoms with van der Waals surface area (Å²) < 4.78 is 0. The third-order valence-corrected chi connectivity index (χ3v) is 3.83. The lowest BCUT2D eigenvalue weighted by molar-refractivity contribution is -0.120. The molecule has 2 N–H and O–H groups in total. The third kappa shape index (κ3) is 3.95. The summed E-state index contributed by atoms with van der Waals surface area (Å²) in [4.78, 5) is 11.8. The summed E-state index contributed by atoms with van der Waals surface area (Å²) in [6.07, 6.45) is 4.61. The molecule has 0 aliphatic heterocycles. The van der Waals surface area contributed by atoms with Crippen molar-refractivity contribution in [1.29, 1.82) is 0 Å². The molecule has 104 valence electrons. The fourth-order valence-electron chi connectivity index (χ4n) is 2.65. The van der Waals surface area contributed by atoms with Gasteiger partial charge in [-0.05, 0) is 49.3 Å². The SMILES string of the molecule is Cl.O=C(CNCC1CC1)NC1Cc2ccccc2C1. The van der Waals surface area contributed by atoms with Crippen molar-refractivity contribution in [3.8, 4) is 0 Å². The summed E-state index contributed by atoms with van der Waals surface area (Å²) in [6.45, 7) is 1.46. The highest BCUT2D eigenvalue weighted by Crippen LogP contribution is 2.27. The van der Waals surface area contributed by atoms with Crippen LogP contribution in [-0.4, -0.2) is 25.0 Å². The van der Waals surface area contributed by atoms with Crippen LogP contribution in [0.5, 0.6) is 0 Å². The quantitative estimate of drug-likeness (QED) is 0.862. The van der Waals surface area contributed by atoms with Crippen molar-refractivity contribution in [3.05, 3.63) is 35.4 Å². The molecule has 0 bridgehead atoms. The lowest BCUT2D eigenvalue weighted by Crippen LogP contribution is -2.41. The number of carbonyl (C=O) groups excluding carboxylic acids is 1. The molecule has 1 fully saturated rings. The number of amides is 1. The zero-order valence-corrected chi connectivity index (χ0v) is 11.8. The Hall–Kier alpha value is -1.06. The molecule has 4 heteroatoms. The summed E-state index contributed by atoms with van der Waals surface area (Å²) in [5, 5.41) is 6.35. The van der Waals surface area contributed by atoms with Gasteiger partial charge in [0.25, 0.3) is 0 Å². The summed E-state index contributed by atoms with van der Waals surface area (Å²) in [5.41, 5.74) is 2.77. The Morgan fingerprint density at radius 1 is 1.16 bits per heavy atom. The fourth-order valence-corrected chi connectivity index (χ4v) is 2.65. The molecule has 1 saturated carbocycles. The molecule has 0 saturated heterocycles. The normalized spacial score (nSPS) is 17.7. The van der Waals surface area contributed by atoms with E-state index in [1.165, 1.54) is 24.0 Å². The first-order valence-electron chi connectivity index (χ1n) is 6.88. The minimum atomic E-state index is 0. The second kappa shape index (κ2) is 6.40. The molecule has 0 unspecified atom stereocenters. The van der Waals surface area contributed by atoms with Crippen molar-refractivity contribution < 1.29 is 4.79 Å². The van der Waals surface area contributed by atoms with E-state index in [-0.39, 0.29) is 24.4 Å². The van der Waals surface area contributed by atoms with Gasteiger partial charge in [0, 0.05) is 6.04 Å². The van der Waals surface area contributed by atoms with Crippen LogP contribution in [0.2, 0.25) is 0 Å². The number of rotatable bonds is 5. The smallest absolute Gasteiger partial charge is 0.234 e. The van der Waals surface area contributed by atoms with Gasteiger partial charge in [-0.25, -0.2) is 0 Å². The van der Waals surface area contributed by atoms with Crippen LogP contribution in [0.15, 0.2) is 24.3 Å². The van der Waals surface area contributed by atoms with Gasteiger partial charge in [0.15, 0.2) is 0 Å². The molecule has 0 spiro atoms. The van der Waals surface area contributed by atoms with Crippen LogP contribution in [-0.2, 0) is 17.6 Å². The second-order valence-electron chi connectivity index (χ2n) is 5.52. The van der Waals surface area contributed by atoms with Gasteiger partial charge in [-0.15, -0.1) is 12.4 Å². The fraction of sp³-hybridized carbons (Fsp3) is 0.533. The van der Waals surface area contributed by atoms with Crippen molar-refractivity contribution in [1.82, 2.24) is 10.6 Å². The molecular formula is C15H21ClN2O. The predicted octanol–water partition coefficient (Wildman–Crippen LogP) is 1.69. The molecule has 2 aliphatic carbocycles. The van der Waals surface area contributed by atoms with Crippen LogP contribution in [0.1, 0.15) is 24.0 Å². The maximum atomic E-state index is 11.8. The lowest BCUT2D eigenvalue weighted by Gasteiger charge is -2.12. The molecule has 0 atom stereocenters. The largest absolute Gasteiger partial charge is 0.352 e. The van der Waals surface area contributed by atoms with Crippen molar-refractivity contribution in [2.75, 3.05) is 13.1 Å².